The maximum Gasteiger partial charge on any atom is 0.316 e. The Kier molecular flexibility index (Phi) is 8.45. The first-order valence-corrected chi connectivity index (χ1v) is 14.9. The minimum absolute atomic E-state index is 0.0435. The molecule has 1 aromatic carbocycles. The highest BCUT2D eigenvalue weighted by Gasteiger charge is 2.36. The molecule has 0 unspecified atom stereocenters. The van der Waals surface area contributed by atoms with Gasteiger partial charge in [0.15, 0.2) is 20.7 Å². The molecule has 2 fully saturated rings. The van der Waals surface area contributed by atoms with Gasteiger partial charge in [-0.05, 0) is 57.6 Å². The van der Waals surface area contributed by atoms with Gasteiger partial charge in [-0.2, -0.15) is 0 Å². The van der Waals surface area contributed by atoms with Gasteiger partial charge in [-0.1, -0.05) is 28.6 Å². The average Bonchev–Trinajstić information content (AvgIpc) is 3.41. The first kappa shape index (κ1) is 25.6. The van der Waals surface area contributed by atoms with Gasteiger partial charge >= 0.3 is 5.97 Å². The Bertz CT molecular complexity index is 1180. The summed E-state index contributed by atoms with van der Waals surface area (Å²) in [4.78, 5) is 34.8. The molecule has 1 heterocycles. The van der Waals surface area contributed by atoms with E-state index in [9.17, 15) is 18.0 Å². The van der Waals surface area contributed by atoms with Crippen molar-refractivity contribution in [3.63, 3.8) is 0 Å². The number of carbonyl (C=O) groups excluding carboxylic acids is 2. The van der Waals surface area contributed by atoms with Crippen LogP contribution >= 0.6 is 23.1 Å². The number of thioether (sulfide) groups is 1. The number of benzene rings is 1. The fraction of sp³-hybridized carbons (Fsp3) is 0.478. The lowest BCUT2D eigenvalue weighted by atomic mass is 10.1. The third kappa shape index (κ3) is 6.83. The number of aromatic nitrogens is 1. The van der Waals surface area contributed by atoms with Gasteiger partial charge in [0.2, 0.25) is 0 Å². The van der Waals surface area contributed by atoms with Crippen molar-refractivity contribution < 1.29 is 27.6 Å². The van der Waals surface area contributed by atoms with Gasteiger partial charge in [0.1, 0.15) is 6.10 Å². The third-order valence-electron chi connectivity index (χ3n) is 5.57. The molecule has 0 radical (unpaired) electrons. The van der Waals surface area contributed by atoms with E-state index in [0.29, 0.717) is 30.1 Å². The Morgan fingerprint density at radius 1 is 1.17 bits per heavy atom. The number of amides is 1. The molecule has 12 heteroatoms. The van der Waals surface area contributed by atoms with E-state index in [0.717, 1.165) is 29.9 Å². The molecule has 35 heavy (non-hydrogen) atoms. The lowest BCUT2D eigenvalue weighted by molar-refractivity contribution is -0.139. The standard InChI is InChI=1S/C23H27N3O6S3/c1-2-31-19(27)14-33-20-13-24-23(34-20)25-22(28)21(26-32-16-5-3-4-6-16)15-7-9-17(10-8-15)35(29,30)18-11-12-18/h7-10,13,16,18H,2-6,11-12,14H2,1H3,(H,24,25,28). The second kappa shape index (κ2) is 11.5. The Hall–Kier alpha value is -2.44. The van der Waals surface area contributed by atoms with Gasteiger partial charge in [0, 0.05) is 5.56 Å². The minimum Gasteiger partial charge on any atom is -0.465 e. The van der Waals surface area contributed by atoms with Crippen LogP contribution in [0.5, 0.6) is 0 Å². The third-order valence-corrected chi connectivity index (χ3v) is 9.93. The molecule has 0 bridgehead atoms. The number of nitrogens with zero attached hydrogens (tertiary/aromatic N) is 2. The van der Waals surface area contributed by atoms with Crippen LogP contribution in [-0.4, -0.2) is 54.7 Å². The van der Waals surface area contributed by atoms with Crippen LogP contribution < -0.4 is 5.32 Å². The molecule has 1 aromatic heterocycles. The van der Waals surface area contributed by atoms with E-state index in [1.165, 1.54) is 35.2 Å². The molecule has 2 aliphatic carbocycles. The van der Waals surface area contributed by atoms with Crippen LogP contribution in [0.1, 0.15) is 51.0 Å². The molecule has 0 aliphatic heterocycles. The lowest BCUT2D eigenvalue weighted by Crippen LogP contribution is -2.25. The Labute approximate surface area is 212 Å². The SMILES string of the molecule is CCOC(=O)CSc1cnc(NC(=O)C(=NOC2CCCC2)c2ccc(S(=O)(=O)C3CC3)cc2)s1. The fourth-order valence-electron chi connectivity index (χ4n) is 3.59. The summed E-state index contributed by atoms with van der Waals surface area (Å²) in [7, 11) is -3.33. The van der Waals surface area contributed by atoms with Crippen LogP contribution in [-0.2, 0) is 29.0 Å². The summed E-state index contributed by atoms with van der Waals surface area (Å²) in [5.41, 5.74) is 0.493. The number of oxime groups is 1. The first-order chi connectivity index (χ1) is 16.9. The topological polar surface area (TPSA) is 124 Å². The number of esters is 1. The predicted molar refractivity (Wildman–Crippen MR) is 135 cm³/mol. The smallest absolute Gasteiger partial charge is 0.316 e. The van der Waals surface area contributed by atoms with E-state index in [4.69, 9.17) is 9.57 Å². The minimum atomic E-state index is -3.33. The van der Waals surface area contributed by atoms with Gasteiger partial charge in [-0.3, -0.25) is 14.9 Å². The monoisotopic (exact) mass is 537 g/mol. The number of thiazole rings is 1. The molecule has 1 N–H and O–H groups in total. The van der Waals surface area contributed by atoms with Crippen molar-refractivity contribution in [2.24, 2.45) is 5.16 Å². The molecule has 188 valence electrons. The summed E-state index contributed by atoms with van der Waals surface area (Å²) < 4.78 is 30.7. The summed E-state index contributed by atoms with van der Waals surface area (Å²) in [5.74, 6) is -0.680. The summed E-state index contributed by atoms with van der Waals surface area (Å²) in [6.07, 6.45) is 6.77. The number of sulfone groups is 1. The second-order valence-corrected chi connectivity index (χ2v) is 12.8. The molecule has 2 aliphatic rings. The predicted octanol–water partition coefficient (Wildman–Crippen LogP) is 4.04. The van der Waals surface area contributed by atoms with E-state index in [1.54, 1.807) is 25.3 Å². The van der Waals surface area contributed by atoms with Crippen LogP contribution in [0.4, 0.5) is 5.13 Å². The summed E-state index contributed by atoms with van der Waals surface area (Å²) in [6.45, 7) is 2.07. The highest BCUT2D eigenvalue weighted by Crippen LogP contribution is 2.33. The van der Waals surface area contributed by atoms with Crippen LogP contribution in [0.3, 0.4) is 0 Å². The largest absolute Gasteiger partial charge is 0.465 e. The van der Waals surface area contributed by atoms with Crippen molar-refractivity contribution >= 4 is 55.7 Å². The van der Waals surface area contributed by atoms with Crippen molar-refractivity contribution in [3.8, 4) is 0 Å². The van der Waals surface area contributed by atoms with Gasteiger partial charge in [-0.25, -0.2) is 13.4 Å². The van der Waals surface area contributed by atoms with Crippen molar-refractivity contribution in [3.05, 3.63) is 36.0 Å². The normalized spacial score (nSPS) is 16.8. The molecular weight excluding hydrogens is 510 g/mol. The maximum atomic E-state index is 13.1. The van der Waals surface area contributed by atoms with Crippen molar-refractivity contribution in [2.75, 3.05) is 17.7 Å². The van der Waals surface area contributed by atoms with E-state index in [1.807, 2.05) is 0 Å². The molecule has 1 amide bonds. The molecule has 2 saturated carbocycles. The van der Waals surface area contributed by atoms with Gasteiger partial charge in [-0.15, -0.1) is 11.8 Å². The zero-order chi connectivity index (χ0) is 24.8. The van der Waals surface area contributed by atoms with Gasteiger partial charge in [0.25, 0.3) is 5.91 Å². The number of ether oxygens (including phenoxy) is 1. The Morgan fingerprint density at radius 3 is 2.54 bits per heavy atom. The van der Waals surface area contributed by atoms with Gasteiger partial charge in [0.05, 0.1) is 32.9 Å². The zero-order valence-corrected chi connectivity index (χ0v) is 21.7. The summed E-state index contributed by atoms with van der Waals surface area (Å²) in [6, 6.07) is 6.17. The van der Waals surface area contributed by atoms with Crippen molar-refractivity contribution in [1.82, 2.24) is 4.98 Å². The van der Waals surface area contributed by atoms with Crippen LogP contribution in [0.25, 0.3) is 0 Å². The molecule has 4 rings (SSSR count). The highest BCUT2D eigenvalue weighted by molar-refractivity contribution is 8.01. The molecule has 2 aromatic rings. The maximum absolute atomic E-state index is 13.1. The van der Waals surface area contributed by atoms with Crippen LogP contribution in [0, 0.1) is 0 Å². The van der Waals surface area contributed by atoms with Gasteiger partial charge < -0.3 is 9.57 Å². The van der Waals surface area contributed by atoms with Crippen LogP contribution in [0.15, 0.2) is 44.7 Å². The Morgan fingerprint density at radius 2 is 1.89 bits per heavy atom. The Balaban J connectivity index is 1.48. The van der Waals surface area contributed by atoms with E-state index in [-0.39, 0.29) is 33.7 Å². The average molecular weight is 538 g/mol. The second-order valence-electron chi connectivity index (χ2n) is 8.25. The quantitative estimate of drug-likeness (QED) is 0.197. The summed E-state index contributed by atoms with van der Waals surface area (Å²) >= 11 is 2.51. The number of hydrogen-bond donors (Lipinski definition) is 1. The van der Waals surface area contributed by atoms with Crippen molar-refractivity contribution in [2.45, 2.75) is 65.9 Å². The zero-order valence-electron chi connectivity index (χ0n) is 19.3. The highest BCUT2D eigenvalue weighted by atomic mass is 32.2. The molecule has 0 atom stereocenters. The van der Waals surface area contributed by atoms with E-state index >= 15 is 0 Å². The van der Waals surface area contributed by atoms with E-state index in [2.05, 4.69) is 15.5 Å². The number of carbonyl (C=O) groups is 2. The van der Waals surface area contributed by atoms with Crippen LogP contribution in [0.2, 0.25) is 0 Å². The molecule has 9 nitrogen and oxygen atoms in total. The number of rotatable bonds is 11. The fourth-order valence-corrected chi connectivity index (χ4v) is 6.91. The number of nitrogens with one attached hydrogen (secondary N) is 1. The molecule has 0 saturated heterocycles. The lowest BCUT2D eigenvalue weighted by Gasteiger charge is -2.11. The number of anilines is 1. The first-order valence-electron chi connectivity index (χ1n) is 11.5. The summed E-state index contributed by atoms with van der Waals surface area (Å²) in [5, 5.41) is 6.94. The molecule has 0 spiro atoms. The van der Waals surface area contributed by atoms with Crippen molar-refractivity contribution in [1.29, 1.82) is 0 Å². The van der Waals surface area contributed by atoms with E-state index < -0.39 is 15.7 Å². The number of hydrogen-bond acceptors (Lipinski definition) is 10. The molecular formula is C23H27N3O6S3.